The van der Waals surface area contributed by atoms with Gasteiger partial charge in [0, 0.05) is 17.6 Å². The average Bonchev–Trinajstić information content (AvgIpc) is 2.70. The lowest BCUT2D eigenvalue weighted by Crippen LogP contribution is -2.11. The zero-order valence-corrected chi connectivity index (χ0v) is 10.2. The number of anilines is 1. The Morgan fingerprint density at radius 2 is 2.18 bits per heavy atom. The second-order valence-electron chi connectivity index (χ2n) is 3.66. The van der Waals surface area contributed by atoms with Crippen molar-refractivity contribution in [2.45, 2.75) is 13.8 Å². The van der Waals surface area contributed by atoms with Gasteiger partial charge in [0.2, 0.25) is 5.76 Å². The van der Waals surface area contributed by atoms with E-state index in [0.29, 0.717) is 16.6 Å². The Hall–Kier alpha value is -1.81. The summed E-state index contributed by atoms with van der Waals surface area (Å²) in [7, 11) is 0. The van der Waals surface area contributed by atoms with Gasteiger partial charge in [-0.2, -0.15) is 0 Å². The number of oxazole rings is 1. The number of carbonyl (C=O) groups is 1. The Balaban J connectivity index is 2.21. The number of amides is 1. The minimum absolute atomic E-state index is 0.182. The summed E-state index contributed by atoms with van der Waals surface area (Å²) in [5, 5.41) is 3.29. The van der Waals surface area contributed by atoms with E-state index in [2.05, 4.69) is 10.3 Å². The topological polar surface area (TPSA) is 55.1 Å². The van der Waals surface area contributed by atoms with Crippen molar-refractivity contribution >= 4 is 23.2 Å². The van der Waals surface area contributed by atoms with Gasteiger partial charge in [0.05, 0.1) is 6.20 Å². The maximum atomic E-state index is 11.8. The van der Waals surface area contributed by atoms with E-state index < -0.39 is 0 Å². The van der Waals surface area contributed by atoms with Gasteiger partial charge in [-0.05, 0) is 24.6 Å². The SMILES string of the molecule is Cc1ncc(C(=O)Nc2cc(Cl)ccc2C)o1. The first-order valence-corrected chi connectivity index (χ1v) is 5.44. The summed E-state index contributed by atoms with van der Waals surface area (Å²) in [6.07, 6.45) is 1.39. The van der Waals surface area contributed by atoms with Crippen molar-refractivity contribution in [3.05, 3.63) is 46.6 Å². The minimum Gasteiger partial charge on any atom is -0.436 e. The smallest absolute Gasteiger partial charge is 0.293 e. The van der Waals surface area contributed by atoms with Crippen LogP contribution in [0.2, 0.25) is 5.02 Å². The van der Waals surface area contributed by atoms with Gasteiger partial charge >= 0.3 is 0 Å². The molecule has 17 heavy (non-hydrogen) atoms. The zero-order chi connectivity index (χ0) is 12.4. The highest BCUT2D eigenvalue weighted by molar-refractivity contribution is 6.31. The van der Waals surface area contributed by atoms with E-state index in [4.69, 9.17) is 16.0 Å². The molecule has 0 bridgehead atoms. The lowest BCUT2D eigenvalue weighted by Gasteiger charge is -2.06. The Bertz CT molecular complexity index is 563. The van der Waals surface area contributed by atoms with Crippen LogP contribution in [0.25, 0.3) is 0 Å². The number of carbonyl (C=O) groups excluding carboxylic acids is 1. The van der Waals surface area contributed by atoms with Crippen LogP contribution in [0.5, 0.6) is 0 Å². The molecule has 0 fully saturated rings. The molecule has 2 rings (SSSR count). The first-order valence-electron chi connectivity index (χ1n) is 5.06. The highest BCUT2D eigenvalue weighted by atomic mass is 35.5. The predicted molar refractivity (Wildman–Crippen MR) is 65.4 cm³/mol. The van der Waals surface area contributed by atoms with Gasteiger partial charge < -0.3 is 9.73 Å². The largest absolute Gasteiger partial charge is 0.436 e. The number of nitrogens with one attached hydrogen (secondary N) is 1. The van der Waals surface area contributed by atoms with E-state index in [-0.39, 0.29) is 11.7 Å². The van der Waals surface area contributed by atoms with Crippen LogP contribution in [0.3, 0.4) is 0 Å². The minimum atomic E-state index is -0.337. The molecule has 0 saturated heterocycles. The summed E-state index contributed by atoms with van der Waals surface area (Å²) in [6.45, 7) is 3.57. The van der Waals surface area contributed by atoms with Crippen LogP contribution >= 0.6 is 11.6 Å². The molecule has 0 saturated carbocycles. The highest BCUT2D eigenvalue weighted by Crippen LogP contribution is 2.20. The summed E-state index contributed by atoms with van der Waals surface area (Å²) < 4.78 is 5.13. The molecule has 1 aromatic heterocycles. The zero-order valence-electron chi connectivity index (χ0n) is 9.45. The van der Waals surface area contributed by atoms with Crippen LogP contribution in [0, 0.1) is 13.8 Å². The van der Waals surface area contributed by atoms with Gasteiger partial charge in [-0.3, -0.25) is 4.79 Å². The highest BCUT2D eigenvalue weighted by Gasteiger charge is 2.12. The van der Waals surface area contributed by atoms with Gasteiger partial charge in [0.25, 0.3) is 5.91 Å². The van der Waals surface area contributed by atoms with Crippen LogP contribution in [0.15, 0.2) is 28.8 Å². The van der Waals surface area contributed by atoms with Gasteiger partial charge in [-0.25, -0.2) is 4.98 Å². The van der Waals surface area contributed by atoms with Crippen molar-refractivity contribution in [3.63, 3.8) is 0 Å². The van der Waals surface area contributed by atoms with Crippen molar-refractivity contribution in [3.8, 4) is 0 Å². The first-order chi connectivity index (χ1) is 8.06. The van der Waals surface area contributed by atoms with Crippen LogP contribution in [0.4, 0.5) is 5.69 Å². The first kappa shape index (κ1) is 11.7. The molecule has 1 amide bonds. The van der Waals surface area contributed by atoms with Gasteiger partial charge in [0.15, 0.2) is 5.89 Å². The molecule has 1 aromatic carbocycles. The third-order valence-electron chi connectivity index (χ3n) is 2.29. The van der Waals surface area contributed by atoms with Crippen molar-refractivity contribution in [2.75, 3.05) is 5.32 Å². The number of rotatable bonds is 2. The number of hydrogen-bond acceptors (Lipinski definition) is 3. The summed E-state index contributed by atoms with van der Waals surface area (Å²) in [5.41, 5.74) is 1.59. The standard InChI is InChI=1S/C12H11ClN2O2/c1-7-3-4-9(13)5-10(7)15-12(16)11-6-14-8(2)17-11/h3-6H,1-2H3,(H,15,16). The third-order valence-corrected chi connectivity index (χ3v) is 2.53. The fraction of sp³-hybridized carbons (Fsp3) is 0.167. The lowest BCUT2D eigenvalue weighted by atomic mass is 10.2. The molecule has 0 radical (unpaired) electrons. The maximum absolute atomic E-state index is 11.8. The third kappa shape index (κ3) is 2.65. The van der Waals surface area contributed by atoms with E-state index in [9.17, 15) is 4.79 Å². The van der Waals surface area contributed by atoms with Crippen LogP contribution in [0.1, 0.15) is 22.0 Å². The van der Waals surface area contributed by atoms with Crippen molar-refractivity contribution in [1.82, 2.24) is 4.98 Å². The van der Waals surface area contributed by atoms with E-state index >= 15 is 0 Å². The van der Waals surface area contributed by atoms with Crippen LogP contribution in [-0.2, 0) is 0 Å². The van der Waals surface area contributed by atoms with Gasteiger partial charge in [-0.15, -0.1) is 0 Å². The molecule has 0 spiro atoms. The molecular formula is C12H11ClN2O2. The fourth-order valence-corrected chi connectivity index (χ4v) is 1.55. The number of halogens is 1. The normalized spacial score (nSPS) is 10.3. The Morgan fingerprint density at radius 1 is 1.41 bits per heavy atom. The van der Waals surface area contributed by atoms with Crippen LogP contribution in [-0.4, -0.2) is 10.9 Å². The van der Waals surface area contributed by atoms with Crippen molar-refractivity contribution in [2.24, 2.45) is 0 Å². The van der Waals surface area contributed by atoms with Gasteiger partial charge in [0.1, 0.15) is 0 Å². The molecule has 0 aliphatic heterocycles. The Kier molecular flexibility index (Phi) is 3.15. The number of nitrogens with zero attached hydrogens (tertiary/aromatic N) is 1. The molecule has 0 unspecified atom stereocenters. The quantitative estimate of drug-likeness (QED) is 0.891. The summed E-state index contributed by atoms with van der Waals surface area (Å²) >= 11 is 5.86. The Labute approximate surface area is 104 Å². The molecule has 1 N–H and O–H groups in total. The lowest BCUT2D eigenvalue weighted by molar-refractivity contribution is 0.0995. The fourth-order valence-electron chi connectivity index (χ4n) is 1.38. The molecule has 2 aromatic rings. The molecule has 0 aliphatic rings. The van der Waals surface area contributed by atoms with E-state index in [1.54, 1.807) is 19.1 Å². The number of benzene rings is 1. The molecular weight excluding hydrogens is 240 g/mol. The number of aryl methyl sites for hydroxylation is 2. The average molecular weight is 251 g/mol. The van der Waals surface area contributed by atoms with E-state index in [1.165, 1.54) is 6.20 Å². The summed E-state index contributed by atoms with van der Waals surface area (Å²) in [4.78, 5) is 15.7. The van der Waals surface area contributed by atoms with E-state index in [0.717, 1.165) is 5.56 Å². The van der Waals surface area contributed by atoms with Crippen molar-refractivity contribution in [1.29, 1.82) is 0 Å². The molecule has 4 nitrogen and oxygen atoms in total. The number of hydrogen-bond donors (Lipinski definition) is 1. The summed E-state index contributed by atoms with van der Waals surface area (Å²) in [5.74, 6) is 0.302. The van der Waals surface area contributed by atoms with Gasteiger partial charge in [-0.1, -0.05) is 17.7 Å². The maximum Gasteiger partial charge on any atom is 0.293 e. The predicted octanol–water partition coefficient (Wildman–Crippen LogP) is 3.20. The second-order valence-corrected chi connectivity index (χ2v) is 4.09. The molecule has 1 heterocycles. The Morgan fingerprint density at radius 3 is 2.82 bits per heavy atom. The molecule has 88 valence electrons. The molecule has 0 atom stereocenters. The summed E-state index contributed by atoms with van der Waals surface area (Å²) in [6, 6.07) is 5.30. The second kappa shape index (κ2) is 4.59. The van der Waals surface area contributed by atoms with Crippen molar-refractivity contribution < 1.29 is 9.21 Å². The van der Waals surface area contributed by atoms with E-state index in [1.807, 2.05) is 13.0 Å². The van der Waals surface area contributed by atoms with Crippen LogP contribution < -0.4 is 5.32 Å². The molecule has 5 heteroatoms. The monoisotopic (exact) mass is 250 g/mol. The number of aromatic nitrogens is 1. The molecule has 0 aliphatic carbocycles.